The fourth-order valence-electron chi connectivity index (χ4n) is 3.17. The largest absolute Gasteiger partial charge is 0.494 e. The van der Waals surface area contributed by atoms with Crippen LogP contribution in [0, 0.1) is 6.92 Å². The molecule has 3 aromatic rings. The number of hydrogen-bond donors (Lipinski definition) is 1. The van der Waals surface area contributed by atoms with E-state index in [0.717, 1.165) is 11.4 Å². The number of amides is 1. The Morgan fingerprint density at radius 2 is 1.93 bits per heavy atom. The molecule has 0 fully saturated rings. The molecular formula is C22H26N4O4. The molecule has 0 saturated carbocycles. The number of aromatic nitrogens is 3. The van der Waals surface area contributed by atoms with Crippen molar-refractivity contribution in [1.29, 1.82) is 0 Å². The van der Waals surface area contributed by atoms with E-state index in [4.69, 9.17) is 9.26 Å². The van der Waals surface area contributed by atoms with E-state index in [1.807, 2.05) is 33.8 Å². The van der Waals surface area contributed by atoms with Gasteiger partial charge in [-0.1, -0.05) is 5.16 Å². The summed E-state index contributed by atoms with van der Waals surface area (Å²) < 4.78 is 12.3. The normalized spacial score (nSPS) is 11.0. The van der Waals surface area contributed by atoms with E-state index in [-0.39, 0.29) is 36.2 Å². The number of carbonyl (C=O) groups is 1. The second kappa shape index (κ2) is 9.39. The molecule has 0 unspecified atom stereocenters. The standard InChI is InChI=1S/C22H26N4O4/c1-5-29-17-9-7-16(8-10-17)23-19(27)12-13-20-24-21(25-30-20)18-11-6-15(4)26(14(2)3)22(18)28/h6-11,14H,5,12-13H2,1-4H3,(H,23,27). The van der Waals surface area contributed by atoms with Gasteiger partial charge in [0.15, 0.2) is 0 Å². The molecule has 8 heteroatoms. The number of hydrogen-bond acceptors (Lipinski definition) is 6. The summed E-state index contributed by atoms with van der Waals surface area (Å²) in [5.74, 6) is 1.12. The molecule has 2 aromatic heterocycles. The zero-order valence-electron chi connectivity index (χ0n) is 17.6. The predicted molar refractivity (Wildman–Crippen MR) is 114 cm³/mol. The van der Waals surface area contributed by atoms with Gasteiger partial charge in [-0.25, -0.2) is 0 Å². The molecule has 1 amide bonds. The summed E-state index contributed by atoms with van der Waals surface area (Å²) in [7, 11) is 0. The highest BCUT2D eigenvalue weighted by molar-refractivity contribution is 5.90. The first-order valence-corrected chi connectivity index (χ1v) is 9.96. The van der Waals surface area contributed by atoms with E-state index in [2.05, 4.69) is 15.5 Å². The third kappa shape index (κ3) is 4.94. The second-order valence-electron chi connectivity index (χ2n) is 7.17. The topological polar surface area (TPSA) is 99.2 Å². The minimum absolute atomic E-state index is 0.0233. The Hall–Kier alpha value is -3.42. The number of aryl methyl sites for hydroxylation is 2. The van der Waals surface area contributed by atoms with Crippen LogP contribution in [0.2, 0.25) is 0 Å². The number of pyridine rings is 1. The zero-order valence-corrected chi connectivity index (χ0v) is 17.6. The van der Waals surface area contributed by atoms with E-state index in [1.54, 1.807) is 34.9 Å². The quantitative estimate of drug-likeness (QED) is 0.607. The third-order valence-electron chi connectivity index (χ3n) is 4.56. The van der Waals surface area contributed by atoms with Crippen LogP contribution in [-0.2, 0) is 11.2 Å². The Bertz CT molecular complexity index is 1070. The molecule has 3 rings (SSSR count). The summed E-state index contributed by atoms with van der Waals surface area (Å²) in [6.45, 7) is 8.28. The number of nitrogens with one attached hydrogen (secondary N) is 1. The highest BCUT2D eigenvalue weighted by atomic mass is 16.5. The smallest absolute Gasteiger partial charge is 0.262 e. The zero-order chi connectivity index (χ0) is 21.7. The van der Waals surface area contributed by atoms with Crippen LogP contribution >= 0.6 is 0 Å². The summed E-state index contributed by atoms with van der Waals surface area (Å²) in [6.07, 6.45) is 0.457. The molecule has 1 N–H and O–H groups in total. The van der Waals surface area contributed by atoms with Crippen molar-refractivity contribution in [3.05, 3.63) is 58.3 Å². The third-order valence-corrected chi connectivity index (χ3v) is 4.56. The van der Waals surface area contributed by atoms with Gasteiger partial charge in [0, 0.05) is 30.3 Å². The summed E-state index contributed by atoms with van der Waals surface area (Å²) in [4.78, 5) is 29.2. The van der Waals surface area contributed by atoms with Gasteiger partial charge in [0.25, 0.3) is 5.56 Å². The fraction of sp³-hybridized carbons (Fsp3) is 0.364. The maximum absolute atomic E-state index is 12.7. The van der Waals surface area contributed by atoms with E-state index in [1.165, 1.54) is 0 Å². The highest BCUT2D eigenvalue weighted by Gasteiger charge is 2.16. The predicted octanol–water partition coefficient (Wildman–Crippen LogP) is 3.76. The highest BCUT2D eigenvalue weighted by Crippen LogP contribution is 2.17. The minimum Gasteiger partial charge on any atom is -0.494 e. The van der Waals surface area contributed by atoms with Gasteiger partial charge in [-0.05, 0) is 64.1 Å². The molecule has 0 aliphatic carbocycles. The molecule has 1 aromatic carbocycles. The lowest BCUT2D eigenvalue weighted by molar-refractivity contribution is -0.116. The molecule has 0 aliphatic rings. The van der Waals surface area contributed by atoms with Crippen molar-refractivity contribution in [3.8, 4) is 17.1 Å². The Morgan fingerprint density at radius 3 is 2.60 bits per heavy atom. The van der Waals surface area contributed by atoms with Crippen LogP contribution < -0.4 is 15.6 Å². The van der Waals surface area contributed by atoms with Gasteiger partial charge in [0.2, 0.25) is 17.6 Å². The Morgan fingerprint density at radius 1 is 1.20 bits per heavy atom. The molecule has 0 radical (unpaired) electrons. The Balaban J connectivity index is 1.63. The summed E-state index contributed by atoms with van der Waals surface area (Å²) in [6, 6.07) is 10.7. The van der Waals surface area contributed by atoms with E-state index in [9.17, 15) is 9.59 Å². The number of ether oxygens (including phenoxy) is 1. The minimum atomic E-state index is -0.170. The summed E-state index contributed by atoms with van der Waals surface area (Å²) >= 11 is 0. The second-order valence-corrected chi connectivity index (χ2v) is 7.17. The van der Waals surface area contributed by atoms with Crippen LogP contribution in [0.5, 0.6) is 5.75 Å². The van der Waals surface area contributed by atoms with Crippen molar-refractivity contribution in [2.45, 2.75) is 46.6 Å². The van der Waals surface area contributed by atoms with Crippen molar-refractivity contribution >= 4 is 11.6 Å². The molecule has 0 saturated heterocycles. The van der Waals surface area contributed by atoms with Gasteiger partial charge < -0.3 is 19.1 Å². The van der Waals surface area contributed by atoms with Crippen LogP contribution in [0.4, 0.5) is 5.69 Å². The number of rotatable bonds is 8. The molecule has 0 aliphatic heterocycles. The van der Waals surface area contributed by atoms with Crippen LogP contribution in [-0.4, -0.2) is 27.2 Å². The molecule has 8 nitrogen and oxygen atoms in total. The lowest BCUT2D eigenvalue weighted by atomic mass is 10.2. The molecule has 30 heavy (non-hydrogen) atoms. The number of anilines is 1. The number of benzene rings is 1. The van der Waals surface area contributed by atoms with Gasteiger partial charge in [-0.2, -0.15) is 4.98 Å². The SMILES string of the molecule is CCOc1ccc(NC(=O)CCc2nc(-c3ccc(C)n(C(C)C)c3=O)no2)cc1. The Kier molecular flexibility index (Phi) is 6.66. The van der Waals surface area contributed by atoms with Crippen LogP contribution in [0.25, 0.3) is 11.4 Å². The number of nitrogens with zero attached hydrogens (tertiary/aromatic N) is 3. The first-order valence-electron chi connectivity index (χ1n) is 9.96. The first-order chi connectivity index (χ1) is 14.4. The average Bonchev–Trinajstić information content (AvgIpc) is 3.17. The van der Waals surface area contributed by atoms with Gasteiger partial charge in [-0.3, -0.25) is 9.59 Å². The van der Waals surface area contributed by atoms with Crippen LogP contribution in [0.1, 0.15) is 44.8 Å². The molecule has 158 valence electrons. The van der Waals surface area contributed by atoms with E-state index < -0.39 is 0 Å². The van der Waals surface area contributed by atoms with E-state index >= 15 is 0 Å². The van der Waals surface area contributed by atoms with Crippen molar-refractivity contribution in [3.63, 3.8) is 0 Å². The van der Waals surface area contributed by atoms with Gasteiger partial charge in [0.1, 0.15) is 5.75 Å². The van der Waals surface area contributed by atoms with Crippen molar-refractivity contribution in [1.82, 2.24) is 14.7 Å². The lowest BCUT2D eigenvalue weighted by Crippen LogP contribution is -2.25. The number of carbonyl (C=O) groups excluding carboxylic acids is 1. The molecule has 0 spiro atoms. The van der Waals surface area contributed by atoms with Gasteiger partial charge in [-0.15, -0.1) is 0 Å². The van der Waals surface area contributed by atoms with Gasteiger partial charge in [0.05, 0.1) is 12.2 Å². The fourth-order valence-corrected chi connectivity index (χ4v) is 3.17. The molecular weight excluding hydrogens is 384 g/mol. The Labute approximate surface area is 174 Å². The van der Waals surface area contributed by atoms with E-state index in [0.29, 0.717) is 23.7 Å². The first kappa shape index (κ1) is 21.3. The molecule has 2 heterocycles. The summed E-state index contributed by atoms with van der Waals surface area (Å²) in [5.41, 5.74) is 1.77. The van der Waals surface area contributed by atoms with Crippen LogP contribution in [0.3, 0.4) is 0 Å². The van der Waals surface area contributed by atoms with Crippen molar-refractivity contribution in [2.75, 3.05) is 11.9 Å². The van der Waals surface area contributed by atoms with Crippen molar-refractivity contribution < 1.29 is 14.1 Å². The van der Waals surface area contributed by atoms with Crippen molar-refractivity contribution in [2.24, 2.45) is 0 Å². The van der Waals surface area contributed by atoms with Crippen LogP contribution in [0.15, 0.2) is 45.7 Å². The lowest BCUT2D eigenvalue weighted by Gasteiger charge is -2.14. The molecule has 0 bridgehead atoms. The maximum atomic E-state index is 12.7. The average molecular weight is 410 g/mol. The monoisotopic (exact) mass is 410 g/mol. The van der Waals surface area contributed by atoms with Gasteiger partial charge >= 0.3 is 0 Å². The molecule has 0 atom stereocenters. The summed E-state index contributed by atoms with van der Waals surface area (Å²) in [5, 5.41) is 6.74. The maximum Gasteiger partial charge on any atom is 0.262 e.